The Labute approximate surface area is 113 Å². The summed E-state index contributed by atoms with van der Waals surface area (Å²) in [5, 5.41) is 19.7. The predicted molar refractivity (Wildman–Crippen MR) is 69.1 cm³/mol. The first kappa shape index (κ1) is 13.5. The molecule has 2 aromatic rings. The minimum atomic E-state index is -1.18. The Balaban J connectivity index is 2.30. The van der Waals surface area contributed by atoms with Gasteiger partial charge in [-0.1, -0.05) is 0 Å². The molecule has 1 N–H and O–H groups in total. The maximum absolute atomic E-state index is 10.8. The number of benzene rings is 1. The Morgan fingerprint density at radius 1 is 1.30 bits per heavy atom. The third kappa shape index (κ3) is 2.89. The Morgan fingerprint density at radius 3 is 2.65 bits per heavy atom. The van der Waals surface area contributed by atoms with Crippen molar-refractivity contribution < 1.29 is 19.6 Å². The Kier molecular flexibility index (Phi) is 3.60. The average molecular weight is 274 g/mol. The van der Waals surface area contributed by atoms with Crippen molar-refractivity contribution in [2.24, 2.45) is 0 Å². The van der Waals surface area contributed by atoms with E-state index in [1.165, 1.54) is 24.4 Å². The number of nitro groups is 1. The molecule has 20 heavy (non-hydrogen) atoms. The summed E-state index contributed by atoms with van der Waals surface area (Å²) >= 11 is 0. The number of nitrogens with zero attached hydrogens (tertiary/aromatic N) is 2. The van der Waals surface area contributed by atoms with E-state index in [1.807, 2.05) is 0 Å². The number of carbonyl (C=O) groups is 1. The van der Waals surface area contributed by atoms with E-state index in [4.69, 9.17) is 9.84 Å². The Bertz CT molecular complexity index is 684. The van der Waals surface area contributed by atoms with Gasteiger partial charge in [0.2, 0.25) is 0 Å². The van der Waals surface area contributed by atoms with Gasteiger partial charge in [0.15, 0.2) is 5.69 Å². The molecule has 1 aromatic carbocycles. The smallest absolute Gasteiger partial charge is 0.354 e. The zero-order chi connectivity index (χ0) is 14.7. The summed E-state index contributed by atoms with van der Waals surface area (Å²) in [7, 11) is 0. The first-order chi connectivity index (χ1) is 9.47. The number of nitro benzene ring substituents is 1. The molecular weight excluding hydrogens is 264 g/mol. The minimum absolute atomic E-state index is 0.0602. The third-order valence-electron chi connectivity index (χ3n) is 2.56. The third-order valence-corrected chi connectivity index (χ3v) is 2.56. The lowest BCUT2D eigenvalue weighted by Gasteiger charge is -2.06. The van der Waals surface area contributed by atoms with Crippen molar-refractivity contribution >= 4 is 11.7 Å². The van der Waals surface area contributed by atoms with Crippen LogP contribution in [0, 0.1) is 17.0 Å². The van der Waals surface area contributed by atoms with Gasteiger partial charge in [-0.15, -0.1) is 0 Å². The SMILES string of the molecule is Cc1ccc(Oc2ccnc(C(=O)O)c2)cc1[N+](=O)[O-]. The van der Waals surface area contributed by atoms with Crippen molar-refractivity contribution in [2.75, 3.05) is 0 Å². The summed E-state index contributed by atoms with van der Waals surface area (Å²) in [6, 6.07) is 7.14. The summed E-state index contributed by atoms with van der Waals surface area (Å²) in [6.07, 6.45) is 1.29. The van der Waals surface area contributed by atoms with Crippen LogP contribution in [0.4, 0.5) is 5.69 Å². The largest absolute Gasteiger partial charge is 0.477 e. The molecule has 0 spiro atoms. The molecular formula is C13H10N2O5. The van der Waals surface area contributed by atoms with Crippen LogP contribution in [0.15, 0.2) is 36.5 Å². The number of pyridine rings is 1. The topological polar surface area (TPSA) is 103 Å². The number of ether oxygens (including phenoxy) is 1. The zero-order valence-corrected chi connectivity index (χ0v) is 10.4. The maximum atomic E-state index is 10.8. The fourth-order valence-corrected chi connectivity index (χ4v) is 1.58. The zero-order valence-electron chi connectivity index (χ0n) is 10.4. The van der Waals surface area contributed by atoms with Crippen LogP contribution >= 0.6 is 0 Å². The van der Waals surface area contributed by atoms with Gasteiger partial charge in [-0.3, -0.25) is 10.1 Å². The van der Waals surface area contributed by atoms with E-state index in [2.05, 4.69) is 4.98 Å². The van der Waals surface area contributed by atoms with E-state index < -0.39 is 10.9 Å². The maximum Gasteiger partial charge on any atom is 0.354 e. The molecule has 0 unspecified atom stereocenters. The number of hydrogen-bond acceptors (Lipinski definition) is 5. The minimum Gasteiger partial charge on any atom is -0.477 e. The van der Waals surface area contributed by atoms with Gasteiger partial charge in [0.05, 0.1) is 11.0 Å². The van der Waals surface area contributed by atoms with Crippen LogP contribution in [-0.4, -0.2) is 21.0 Å². The molecule has 0 amide bonds. The van der Waals surface area contributed by atoms with Crippen LogP contribution in [0.5, 0.6) is 11.5 Å². The number of aromatic carboxylic acids is 1. The highest BCUT2D eigenvalue weighted by atomic mass is 16.6. The van der Waals surface area contributed by atoms with Crippen LogP contribution in [0.1, 0.15) is 16.1 Å². The molecule has 0 saturated heterocycles. The average Bonchev–Trinajstić information content (AvgIpc) is 2.41. The summed E-state index contributed by atoms with van der Waals surface area (Å²) in [5.41, 5.74) is 0.294. The molecule has 0 atom stereocenters. The van der Waals surface area contributed by atoms with Crippen LogP contribution in [-0.2, 0) is 0 Å². The molecule has 7 heteroatoms. The van der Waals surface area contributed by atoms with Crippen molar-refractivity contribution in [1.82, 2.24) is 4.98 Å². The van der Waals surface area contributed by atoms with E-state index in [1.54, 1.807) is 19.1 Å². The van der Waals surface area contributed by atoms with E-state index in [0.717, 1.165) is 0 Å². The van der Waals surface area contributed by atoms with E-state index in [-0.39, 0.29) is 22.9 Å². The number of aromatic nitrogens is 1. The molecule has 7 nitrogen and oxygen atoms in total. The normalized spacial score (nSPS) is 10.1. The standard InChI is InChI=1S/C13H10N2O5/c1-8-2-3-9(7-12(8)15(18)19)20-10-4-5-14-11(6-10)13(16)17/h2-7H,1H3,(H,16,17). The molecule has 0 aliphatic heterocycles. The second kappa shape index (κ2) is 5.35. The van der Waals surface area contributed by atoms with Crippen LogP contribution < -0.4 is 4.74 Å². The summed E-state index contributed by atoms with van der Waals surface area (Å²) in [4.78, 5) is 24.8. The van der Waals surface area contributed by atoms with Gasteiger partial charge >= 0.3 is 5.97 Å². The van der Waals surface area contributed by atoms with E-state index in [9.17, 15) is 14.9 Å². The molecule has 102 valence electrons. The van der Waals surface area contributed by atoms with Gasteiger partial charge in [0.1, 0.15) is 11.5 Å². The molecule has 0 aliphatic rings. The highest BCUT2D eigenvalue weighted by molar-refractivity contribution is 5.85. The summed E-state index contributed by atoms with van der Waals surface area (Å²) in [5.74, 6) is -0.675. The highest BCUT2D eigenvalue weighted by Crippen LogP contribution is 2.27. The van der Waals surface area contributed by atoms with Crippen molar-refractivity contribution in [1.29, 1.82) is 0 Å². The van der Waals surface area contributed by atoms with Crippen LogP contribution in [0.3, 0.4) is 0 Å². The van der Waals surface area contributed by atoms with Gasteiger partial charge in [0, 0.05) is 17.8 Å². The van der Waals surface area contributed by atoms with Gasteiger partial charge in [0.25, 0.3) is 5.69 Å². The van der Waals surface area contributed by atoms with Crippen molar-refractivity contribution in [3.63, 3.8) is 0 Å². The van der Waals surface area contributed by atoms with Gasteiger partial charge in [-0.2, -0.15) is 0 Å². The Hall–Kier alpha value is -2.96. The van der Waals surface area contributed by atoms with Crippen molar-refractivity contribution in [2.45, 2.75) is 6.92 Å². The lowest BCUT2D eigenvalue weighted by molar-refractivity contribution is -0.385. The molecule has 1 heterocycles. The van der Waals surface area contributed by atoms with Gasteiger partial charge in [-0.25, -0.2) is 9.78 Å². The number of rotatable bonds is 4. The fraction of sp³-hybridized carbons (Fsp3) is 0.0769. The first-order valence-electron chi connectivity index (χ1n) is 5.59. The second-order valence-electron chi connectivity index (χ2n) is 3.99. The molecule has 1 aromatic heterocycles. The molecule has 0 radical (unpaired) electrons. The highest BCUT2D eigenvalue weighted by Gasteiger charge is 2.12. The summed E-state index contributed by atoms with van der Waals surface area (Å²) < 4.78 is 5.41. The predicted octanol–water partition coefficient (Wildman–Crippen LogP) is 2.79. The van der Waals surface area contributed by atoms with Gasteiger partial charge in [-0.05, 0) is 25.1 Å². The first-order valence-corrected chi connectivity index (χ1v) is 5.59. The van der Waals surface area contributed by atoms with E-state index >= 15 is 0 Å². The monoisotopic (exact) mass is 274 g/mol. The van der Waals surface area contributed by atoms with E-state index in [0.29, 0.717) is 5.56 Å². The number of carboxylic acid groups (broad SMARTS) is 1. The van der Waals surface area contributed by atoms with Crippen molar-refractivity contribution in [3.8, 4) is 11.5 Å². The van der Waals surface area contributed by atoms with Crippen molar-refractivity contribution in [3.05, 3.63) is 57.9 Å². The quantitative estimate of drug-likeness (QED) is 0.679. The Morgan fingerprint density at radius 2 is 2.00 bits per heavy atom. The number of carboxylic acids is 1. The second-order valence-corrected chi connectivity index (χ2v) is 3.99. The van der Waals surface area contributed by atoms with Crippen LogP contribution in [0.2, 0.25) is 0 Å². The molecule has 0 bridgehead atoms. The summed E-state index contributed by atoms with van der Waals surface area (Å²) in [6.45, 7) is 1.62. The fourth-order valence-electron chi connectivity index (χ4n) is 1.58. The number of aryl methyl sites for hydroxylation is 1. The van der Waals surface area contributed by atoms with Gasteiger partial charge < -0.3 is 9.84 Å². The van der Waals surface area contributed by atoms with Crippen LogP contribution in [0.25, 0.3) is 0 Å². The molecule has 0 saturated carbocycles. The lowest BCUT2D eigenvalue weighted by atomic mass is 10.2. The number of hydrogen-bond donors (Lipinski definition) is 1. The molecule has 2 rings (SSSR count). The molecule has 0 fully saturated rings. The lowest BCUT2D eigenvalue weighted by Crippen LogP contribution is -2.00. The molecule has 0 aliphatic carbocycles.